The molecule has 0 atom stereocenters. The Labute approximate surface area is 113 Å². The van der Waals surface area contributed by atoms with Gasteiger partial charge in [-0.1, -0.05) is 0 Å². The number of hydrogen-bond donors (Lipinski definition) is 1. The smallest absolute Gasteiger partial charge is 0.340 e. The number of thiazole rings is 1. The molecule has 0 amide bonds. The van der Waals surface area contributed by atoms with E-state index in [2.05, 4.69) is 15.0 Å². The largest absolute Gasteiger partial charge is 0.465 e. The summed E-state index contributed by atoms with van der Waals surface area (Å²) in [6.45, 7) is 1.85. The van der Waals surface area contributed by atoms with E-state index >= 15 is 0 Å². The van der Waals surface area contributed by atoms with Crippen LogP contribution in [0.15, 0.2) is 23.8 Å². The number of ether oxygens (including phenoxy) is 1. The van der Waals surface area contributed by atoms with Crippen LogP contribution in [0.5, 0.6) is 0 Å². The van der Waals surface area contributed by atoms with Crippen molar-refractivity contribution in [3.8, 4) is 10.4 Å². The summed E-state index contributed by atoms with van der Waals surface area (Å²) in [5.41, 5.74) is 4.62. The first-order valence-corrected chi connectivity index (χ1v) is 6.54. The van der Waals surface area contributed by atoms with Crippen molar-refractivity contribution in [3.63, 3.8) is 0 Å². The van der Waals surface area contributed by atoms with Crippen molar-refractivity contribution >= 4 is 28.3 Å². The Bertz CT molecular complexity index is 747. The molecule has 5 nitrogen and oxygen atoms in total. The maximum atomic E-state index is 11.9. The van der Waals surface area contributed by atoms with Crippen molar-refractivity contribution in [2.75, 3.05) is 7.11 Å². The summed E-state index contributed by atoms with van der Waals surface area (Å²) in [4.78, 5) is 24.4. The standard InChI is InChI=1S/C13H11N3O2S/c1-7-15-10-4-8(11-5-14-6-19-11)3-9(12(10)16-7)13(17)18-2/h3-6H,1-2H3,(H,15,16). The average molecular weight is 273 g/mol. The molecule has 0 unspecified atom stereocenters. The van der Waals surface area contributed by atoms with Gasteiger partial charge in [-0.3, -0.25) is 4.98 Å². The molecular formula is C13H11N3O2S. The minimum atomic E-state index is -0.375. The van der Waals surface area contributed by atoms with E-state index in [9.17, 15) is 4.79 Å². The number of hydrogen-bond acceptors (Lipinski definition) is 5. The van der Waals surface area contributed by atoms with Crippen molar-refractivity contribution in [1.29, 1.82) is 0 Å². The fraction of sp³-hybridized carbons (Fsp3) is 0.154. The van der Waals surface area contributed by atoms with E-state index in [-0.39, 0.29) is 5.97 Å². The molecule has 19 heavy (non-hydrogen) atoms. The first kappa shape index (κ1) is 11.9. The number of aromatic nitrogens is 3. The highest BCUT2D eigenvalue weighted by Crippen LogP contribution is 2.29. The maximum Gasteiger partial charge on any atom is 0.340 e. The molecule has 2 heterocycles. The molecule has 0 fully saturated rings. The van der Waals surface area contributed by atoms with Crippen LogP contribution in [-0.4, -0.2) is 28.0 Å². The molecule has 96 valence electrons. The van der Waals surface area contributed by atoms with Crippen LogP contribution in [0.1, 0.15) is 16.2 Å². The molecule has 0 aliphatic rings. The van der Waals surface area contributed by atoms with Gasteiger partial charge in [0.05, 0.1) is 34.1 Å². The van der Waals surface area contributed by atoms with Crippen LogP contribution < -0.4 is 0 Å². The Morgan fingerprint density at radius 1 is 1.42 bits per heavy atom. The summed E-state index contributed by atoms with van der Waals surface area (Å²) in [5, 5.41) is 0. The predicted molar refractivity (Wildman–Crippen MR) is 73.3 cm³/mol. The molecule has 3 rings (SSSR count). The van der Waals surface area contributed by atoms with E-state index in [4.69, 9.17) is 4.74 Å². The Hall–Kier alpha value is -2.21. The van der Waals surface area contributed by atoms with E-state index in [1.807, 2.05) is 13.0 Å². The molecule has 1 aromatic carbocycles. The monoisotopic (exact) mass is 273 g/mol. The van der Waals surface area contributed by atoms with Crippen LogP contribution in [0, 0.1) is 6.92 Å². The van der Waals surface area contributed by atoms with Gasteiger partial charge in [0.1, 0.15) is 5.82 Å². The first-order chi connectivity index (χ1) is 9.19. The summed E-state index contributed by atoms with van der Waals surface area (Å²) in [7, 11) is 1.37. The number of H-pyrrole nitrogens is 1. The SMILES string of the molecule is COC(=O)c1cc(-c2cncs2)cc2nc(C)[nH]c12. The van der Waals surface area contributed by atoms with Crippen LogP contribution in [0.3, 0.4) is 0 Å². The lowest BCUT2D eigenvalue weighted by Gasteiger charge is -2.03. The number of nitrogens with one attached hydrogen (secondary N) is 1. The van der Waals surface area contributed by atoms with Gasteiger partial charge in [0.2, 0.25) is 0 Å². The third-order valence-electron chi connectivity index (χ3n) is 2.83. The summed E-state index contributed by atoms with van der Waals surface area (Å²) < 4.78 is 4.83. The molecule has 1 N–H and O–H groups in total. The van der Waals surface area contributed by atoms with Gasteiger partial charge in [0.15, 0.2) is 0 Å². The lowest BCUT2D eigenvalue weighted by atomic mass is 10.1. The molecule has 0 radical (unpaired) electrons. The number of methoxy groups -OCH3 is 1. The molecule has 0 bridgehead atoms. The zero-order valence-corrected chi connectivity index (χ0v) is 11.2. The molecule has 0 aliphatic heterocycles. The summed E-state index contributed by atoms with van der Waals surface area (Å²) in [6.07, 6.45) is 1.77. The number of imidazole rings is 1. The fourth-order valence-corrected chi connectivity index (χ4v) is 2.62. The van der Waals surface area contributed by atoms with Crippen molar-refractivity contribution < 1.29 is 9.53 Å². The topological polar surface area (TPSA) is 67.9 Å². The van der Waals surface area contributed by atoms with E-state index in [0.717, 1.165) is 21.8 Å². The lowest BCUT2D eigenvalue weighted by molar-refractivity contribution is 0.0603. The van der Waals surface area contributed by atoms with Crippen LogP contribution in [0.2, 0.25) is 0 Å². The van der Waals surface area contributed by atoms with Crippen LogP contribution in [0.25, 0.3) is 21.5 Å². The summed E-state index contributed by atoms with van der Waals surface area (Å²) >= 11 is 1.52. The summed E-state index contributed by atoms with van der Waals surface area (Å²) in [6, 6.07) is 3.75. The second-order valence-corrected chi connectivity index (χ2v) is 4.98. The second kappa shape index (κ2) is 4.47. The van der Waals surface area contributed by atoms with E-state index in [0.29, 0.717) is 11.1 Å². The third-order valence-corrected chi connectivity index (χ3v) is 3.66. The van der Waals surface area contributed by atoms with E-state index in [1.165, 1.54) is 18.4 Å². The Kier molecular flexibility index (Phi) is 2.79. The van der Waals surface area contributed by atoms with Gasteiger partial charge in [-0.2, -0.15) is 0 Å². The highest BCUT2D eigenvalue weighted by molar-refractivity contribution is 7.13. The molecule has 0 spiro atoms. The number of aromatic amines is 1. The second-order valence-electron chi connectivity index (χ2n) is 4.10. The first-order valence-electron chi connectivity index (χ1n) is 5.66. The van der Waals surface area contributed by atoms with E-state index < -0.39 is 0 Å². The Morgan fingerprint density at radius 3 is 2.95 bits per heavy atom. The maximum absolute atomic E-state index is 11.9. The van der Waals surface area contributed by atoms with Crippen LogP contribution in [-0.2, 0) is 4.74 Å². The number of benzene rings is 1. The predicted octanol–water partition coefficient (Wildman–Crippen LogP) is 2.78. The van der Waals surface area contributed by atoms with Crippen molar-refractivity contribution in [2.45, 2.75) is 6.92 Å². The molecule has 3 aromatic rings. The highest BCUT2D eigenvalue weighted by Gasteiger charge is 2.16. The molecule has 0 saturated carbocycles. The van der Waals surface area contributed by atoms with Gasteiger partial charge in [-0.25, -0.2) is 9.78 Å². The highest BCUT2D eigenvalue weighted by atomic mass is 32.1. The molecule has 0 aliphatic carbocycles. The number of aryl methyl sites for hydroxylation is 1. The van der Waals surface area contributed by atoms with Gasteiger partial charge in [-0.05, 0) is 24.6 Å². The normalized spacial score (nSPS) is 10.8. The molecule has 0 saturated heterocycles. The van der Waals surface area contributed by atoms with Crippen LogP contribution in [0.4, 0.5) is 0 Å². The molecular weight excluding hydrogens is 262 g/mol. The Morgan fingerprint density at radius 2 is 2.26 bits per heavy atom. The number of rotatable bonds is 2. The van der Waals surface area contributed by atoms with Crippen LogP contribution >= 0.6 is 11.3 Å². The zero-order valence-electron chi connectivity index (χ0n) is 10.4. The number of nitrogens with zero attached hydrogens (tertiary/aromatic N) is 2. The minimum absolute atomic E-state index is 0.375. The third kappa shape index (κ3) is 2.00. The van der Waals surface area contributed by atoms with Gasteiger partial charge < -0.3 is 9.72 Å². The number of carbonyl (C=O) groups excluding carboxylic acids is 1. The zero-order chi connectivity index (χ0) is 13.4. The van der Waals surface area contributed by atoms with Crippen molar-refractivity contribution in [1.82, 2.24) is 15.0 Å². The Balaban J connectivity index is 2.29. The average Bonchev–Trinajstić information content (AvgIpc) is 3.03. The molecule has 6 heteroatoms. The quantitative estimate of drug-likeness (QED) is 0.729. The fourth-order valence-electron chi connectivity index (χ4n) is 2.01. The lowest BCUT2D eigenvalue weighted by Crippen LogP contribution is -2.02. The number of fused-ring (bicyclic) bond motifs is 1. The number of carbonyl (C=O) groups is 1. The van der Waals surface area contributed by atoms with Crippen molar-refractivity contribution in [3.05, 3.63) is 35.2 Å². The number of esters is 1. The van der Waals surface area contributed by atoms with Gasteiger partial charge in [0.25, 0.3) is 0 Å². The summed E-state index contributed by atoms with van der Waals surface area (Å²) in [5.74, 6) is 0.390. The van der Waals surface area contributed by atoms with Gasteiger partial charge >= 0.3 is 5.97 Å². The van der Waals surface area contributed by atoms with Gasteiger partial charge in [0, 0.05) is 6.20 Å². The molecule has 2 aromatic heterocycles. The van der Waals surface area contributed by atoms with E-state index in [1.54, 1.807) is 17.8 Å². The van der Waals surface area contributed by atoms with Crippen molar-refractivity contribution in [2.24, 2.45) is 0 Å². The van der Waals surface area contributed by atoms with Gasteiger partial charge in [-0.15, -0.1) is 11.3 Å². The minimum Gasteiger partial charge on any atom is -0.465 e.